The summed E-state index contributed by atoms with van der Waals surface area (Å²) in [4.78, 5) is 24.3. The van der Waals surface area contributed by atoms with Crippen LogP contribution >= 0.6 is 0 Å². The number of rotatable bonds is 4. The van der Waals surface area contributed by atoms with E-state index in [0.717, 1.165) is 0 Å². The van der Waals surface area contributed by atoms with Gasteiger partial charge in [0.2, 0.25) is 0 Å². The minimum Gasteiger partial charge on any atom is -0.426 e. The summed E-state index contributed by atoms with van der Waals surface area (Å²) in [5, 5.41) is 0. The van der Waals surface area contributed by atoms with Crippen molar-refractivity contribution in [2.45, 2.75) is 6.42 Å². The van der Waals surface area contributed by atoms with Crippen molar-refractivity contribution in [2.75, 3.05) is 5.73 Å². The predicted octanol–water partition coefficient (Wildman–Crippen LogP) is 2.81. The molecule has 4 N–H and O–H groups in total. The lowest BCUT2D eigenvalue weighted by Gasteiger charge is -2.14. The van der Waals surface area contributed by atoms with E-state index in [4.69, 9.17) is 20.9 Å². The highest BCUT2D eigenvalue weighted by atomic mass is 16.5. The largest absolute Gasteiger partial charge is 0.426 e. The molecule has 0 radical (unpaired) electrons. The van der Waals surface area contributed by atoms with E-state index >= 15 is 0 Å². The van der Waals surface area contributed by atoms with Crippen molar-refractivity contribution in [1.29, 1.82) is 0 Å². The van der Waals surface area contributed by atoms with Gasteiger partial charge in [-0.1, -0.05) is 18.2 Å². The standard InChI is InChI=1S/C20H18N2O4/c21-15-8-4-13(5-9-15)19(23)25-17-2-1-3-18(12-17)26-20(24)14-6-10-16(22)11-7-14/h1-6,8-12,14H,7,21-22H2. The van der Waals surface area contributed by atoms with Crippen molar-refractivity contribution < 1.29 is 19.1 Å². The zero-order valence-electron chi connectivity index (χ0n) is 13.9. The Morgan fingerprint density at radius 2 is 1.65 bits per heavy atom. The van der Waals surface area contributed by atoms with E-state index in [2.05, 4.69) is 0 Å². The van der Waals surface area contributed by atoms with Crippen molar-refractivity contribution in [1.82, 2.24) is 0 Å². The fourth-order valence-electron chi connectivity index (χ4n) is 2.39. The van der Waals surface area contributed by atoms with Gasteiger partial charge in [-0.25, -0.2) is 4.79 Å². The van der Waals surface area contributed by atoms with Crippen molar-refractivity contribution in [3.05, 3.63) is 78.0 Å². The molecule has 6 heteroatoms. The van der Waals surface area contributed by atoms with E-state index in [9.17, 15) is 9.59 Å². The van der Waals surface area contributed by atoms with Crippen LogP contribution in [0.2, 0.25) is 0 Å². The summed E-state index contributed by atoms with van der Waals surface area (Å²) in [6.45, 7) is 0. The molecular weight excluding hydrogens is 332 g/mol. The average molecular weight is 350 g/mol. The van der Waals surface area contributed by atoms with Gasteiger partial charge in [0, 0.05) is 17.5 Å². The number of benzene rings is 2. The Morgan fingerprint density at radius 3 is 2.31 bits per heavy atom. The molecule has 0 aliphatic heterocycles. The lowest BCUT2D eigenvalue weighted by molar-refractivity contribution is -0.137. The summed E-state index contributed by atoms with van der Waals surface area (Å²) in [6.07, 6.45) is 5.66. The number of anilines is 1. The number of carbonyl (C=O) groups is 2. The third-order valence-electron chi connectivity index (χ3n) is 3.81. The zero-order valence-corrected chi connectivity index (χ0v) is 13.9. The first-order chi connectivity index (χ1) is 12.5. The Morgan fingerprint density at radius 1 is 0.962 bits per heavy atom. The fraction of sp³-hybridized carbons (Fsp3) is 0.100. The second-order valence-electron chi connectivity index (χ2n) is 5.81. The highest BCUT2D eigenvalue weighted by Gasteiger charge is 2.19. The second kappa shape index (κ2) is 7.57. The van der Waals surface area contributed by atoms with E-state index in [0.29, 0.717) is 29.1 Å². The Kier molecular flexibility index (Phi) is 5.03. The maximum absolute atomic E-state index is 12.2. The van der Waals surface area contributed by atoms with Gasteiger partial charge in [-0.05, 0) is 48.9 Å². The third-order valence-corrected chi connectivity index (χ3v) is 3.81. The summed E-state index contributed by atoms with van der Waals surface area (Å²) < 4.78 is 10.7. The van der Waals surface area contributed by atoms with Crippen LogP contribution in [-0.2, 0) is 4.79 Å². The van der Waals surface area contributed by atoms with E-state index in [1.807, 2.05) is 0 Å². The summed E-state index contributed by atoms with van der Waals surface area (Å²) in [6, 6.07) is 12.8. The summed E-state index contributed by atoms with van der Waals surface area (Å²) in [7, 11) is 0. The van der Waals surface area contributed by atoms with Crippen LogP contribution in [0.4, 0.5) is 5.69 Å². The van der Waals surface area contributed by atoms with Crippen molar-refractivity contribution in [3.8, 4) is 11.5 Å². The Labute approximate surface area is 150 Å². The molecule has 0 saturated heterocycles. The lowest BCUT2D eigenvalue weighted by Crippen LogP contribution is -2.20. The third kappa shape index (κ3) is 4.30. The number of ether oxygens (including phenoxy) is 2. The molecule has 6 nitrogen and oxygen atoms in total. The SMILES string of the molecule is NC1=CCC(C(=O)Oc2cccc(OC(=O)c3ccc(N)cc3)c2)C=C1. The summed E-state index contributed by atoms with van der Waals surface area (Å²) >= 11 is 0. The van der Waals surface area contributed by atoms with Gasteiger partial charge in [0.05, 0.1) is 11.5 Å². The molecule has 132 valence electrons. The van der Waals surface area contributed by atoms with E-state index in [-0.39, 0.29) is 11.7 Å². The topological polar surface area (TPSA) is 105 Å². The van der Waals surface area contributed by atoms with Gasteiger partial charge in [0.1, 0.15) is 11.5 Å². The molecule has 2 aromatic rings. The van der Waals surface area contributed by atoms with E-state index < -0.39 is 11.9 Å². The van der Waals surface area contributed by atoms with Gasteiger partial charge in [0.15, 0.2) is 0 Å². The Balaban J connectivity index is 1.64. The van der Waals surface area contributed by atoms with Crippen molar-refractivity contribution in [3.63, 3.8) is 0 Å². The van der Waals surface area contributed by atoms with E-state index in [1.165, 1.54) is 6.07 Å². The molecule has 1 atom stereocenters. The Hall–Kier alpha value is -3.54. The van der Waals surface area contributed by atoms with Crippen LogP contribution in [0.5, 0.6) is 11.5 Å². The molecule has 26 heavy (non-hydrogen) atoms. The highest BCUT2D eigenvalue weighted by Crippen LogP contribution is 2.23. The first-order valence-electron chi connectivity index (χ1n) is 8.04. The molecule has 0 spiro atoms. The molecule has 1 aliphatic rings. The number of allylic oxidation sites excluding steroid dienone is 2. The quantitative estimate of drug-likeness (QED) is 0.499. The van der Waals surface area contributed by atoms with Gasteiger partial charge in [-0.3, -0.25) is 4.79 Å². The smallest absolute Gasteiger partial charge is 0.343 e. The fourth-order valence-corrected chi connectivity index (χ4v) is 2.39. The molecule has 0 heterocycles. The molecule has 0 saturated carbocycles. The number of carbonyl (C=O) groups excluding carboxylic acids is 2. The predicted molar refractivity (Wildman–Crippen MR) is 97.4 cm³/mol. The normalized spacial score (nSPS) is 15.8. The molecule has 0 aromatic heterocycles. The monoisotopic (exact) mass is 350 g/mol. The van der Waals surface area contributed by atoms with Gasteiger partial charge < -0.3 is 20.9 Å². The second-order valence-corrected chi connectivity index (χ2v) is 5.81. The maximum Gasteiger partial charge on any atom is 0.343 e. The van der Waals surface area contributed by atoms with Gasteiger partial charge >= 0.3 is 11.9 Å². The molecule has 0 bridgehead atoms. The molecule has 0 amide bonds. The van der Waals surface area contributed by atoms with Crippen LogP contribution in [0.1, 0.15) is 16.8 Å². The minimum absolute atomic E-state index is 0.278. The van der Waals surface area contributed by atoms with E-state index in [1.54, 1.807) is 60.7 Å². The van der Waals surface area contributed by atoms with Gasteiger partial charge in [-0.15, -0.1) is 0 Å². The molecular formula is C20H18N2O4. The Bertz CT molecular complexity index is 885. The van der Waals surface area contributed by atoms with Crippen LogP contribution in [0.15, 0.2) is 72.5 Å². The van der Waals surface area contributed by atoms with Gasteiger partial charge in [0.25, 0.3) is 0 Å². The molecule has 1 aliphatic carbocycles. The lowest BCUT2D eigenvalue weighted by atomic mass is 10.00. The number of nitrogen functional groups attached to an aromatic ring is 1. The molecule has 1 unspecified atom stereocenters. The van der Waals surface area contributed by atoms with Crippen LogP contribution < -0.4 is 20.9 Å². The minimum atomic E-state index is -0.524. The van der Waals surface area contributed by atoms with Crippen molar-refractivity contribution >= 4 is 17.6 Å². The maximum atomic E-state index is 12.2. The molecule has 0 fully saturated rings. The van der Waals surface area contributed by atoms with Gasteiger partial charge in [-0.2, -0.15) is 0 Å². The average Bonchev–Trinajstić information content (AvgIpc) is 2.63. The molecule has 3 rings (SSSR count). The first-order valence-corrected chi connectivity index (χ1v) is 8.04. The van der Waals surface area contributed by atoms with Crippen LogP contribution in [0.25, 0.3) is 0 Å². The molecule has 2 aromatic carbocycles. The first kappa shape index (κ1) is 17.3. The number of nitrogens with two attached hydrogens (primary N) is 2. The number of hydrogen-bond donors (Lipinski definition) is 2. The number of hydrogen-bond acceptors (Lipinski definition) is 6. The number of esters is 2. The van der Waals surface area contributed by atoms with Crippen LogP contribution in [0.3, 0.4) is 0 Å². The summed E-state index contributed by atoms with van der Waals surface area (Å²) in [5.74, 6) is -0.728. The van der Waals surface area contributed by atoms with Crippen LogP contribution in [0, 0.1) is 5.92 Å². The highest BCUT2D eigenvalue weighted by molar-refractivity contribution is 5.91. The summed E-state index contributed by atoms with van der Waals surface area (Å²) in [5.41, 5.74) is 12.8. The zero-order chi connectivity index (χ0) is 18.5. The van der Waals surface area contributed by atoms with Crippen LogP contribution in [-0.4, -0.2) is 11.9 Å². The van der Waals surface area contributed by atoms with Crippen molar-refractivity contribution in [2.24, 2.45) is 11.7 Å².